The maximum absolute atomic E-state index is 5.46. The summed E-state index contributed by atoms with van der Waals surface area (Å²) >= 11 is 0. The van der Waals surface area contributed by atoms with E-state index in [1.165, 1.54) is 0 Å². The van der Waals surface area contributed by atoms with Crippen LogP contribution in [0.5, 0.6) is 0 Å². The molecule has 0 aliphatic heterocycles. The molecule has 0 saturated heterocycles. The number of aromatic nitrogens is 2. The van der Waals surface area contributed by atoms with E-state index in [4.69, 9.17) is 5.73 Å². The Morgan fingerprint density at radius 3 is 2.53 bits per heavy atom. The van der Waals surface area contributed by atoms with Gasteiger partial charge >= 0.3 is 0 Å². The molecule has 2 N–H and O–H groups in total. The second-order valence-electron chi connectivity index (χ2n) is 4.17. The molecule has 1 heterocycles. The predicted molar refractivity (Wildman–Crippen MR) is 62.6 cm³/mol. The van der Waals surface area contributed by atoms with Gasteiger partial charge in [-0.25, -0.2) is 4.98 Å². The zero-order valence-corrected chi connectivity index (χ0v) is 9.77. The molecule has 84 valence electrons. The van der Waals surface area contributed by atoms with Gasteiger partial charge in [0, 0.05) is 20.1 Å². The SMILES string of the molecule is CC(C)CCN(C)c1cnc(CN)cn1. The summed E-state index contributed by atoms with van der Waals surface area (Å²) in [5.74, 6) is 1.62. The lowest BCUT2D eigenvalue weighted by Crippen LogP contribution is -2.21. The van der Waals surface area contributed by atoms with E-state index in [0.29, 0.717) is 12.5 Å². The predicted octanol–water partition coefficient (Wildman–Crippen LogP) is 1.42. The maximum Gasteiger partial charge on any atom is 0.146 e. The lowest BCUT2D eigenvalue weighted by molar-refractivity contribution is 0.583. The van der Waals surface area contributed by atoms with Gasteiger partial charge in [0.25, 0.3) is 0 Å². The van der Waals surface area contributed by atoms with Gasteiger partial charge in [-0.1, -0.05) is 13.8 Å². The summed E-state index contributed by atoms with van der Waals surface area (Å²) in [6.07, 6.45) is 4.68. The van der Waals surface area contributed by atoms with Crippen molar-refractivity contribution in [3.05, 3.63) is 18.1 Å². The standard InChI is InChI=1S/C11H20N4/c1-9(2)4-5-15(3)11-8-13-10(6-12)7-14-11/h7-9H,4-6,12H2,1-3H3. The molecule has 0 aliphatic rings. The van der Waals surface area contributed by atoms with Crippen molar-refractivity contribution in [3.8, 4) is 0 Å². The molecular weight excluding hydrogens is 188 g/mol. The molecule has 4 heteroatoms. The minimum absolute atomic E-state index is 0.447. The van der Waals surface area contributed by atoms with Crippen molar-refractivity contribution in [2.24, 2.45) is 11.7 Å². The number of rotatable bonds is 5. The number of hydrogen-bond donors (Lipinski definition) is 1. The molecule has 0 saturated carbocycles. The largest absolute Gasteiger partial charge is 0.358 e. The van der Waals surface area contributed by atoms with Gasteiger partial charge in [0.1, 0.15) is 5.82 Å². The van der Waals surface area contributed by atoms with Gasteiger partial charge in [-0.3, -0.25) is 4.98 Å². The third-order valence-electron chi connectivity index (χ3n) is 2.33. The van der Waals surface area contributed by atoms with Crippen molar-refractivity contribution in [1.82, 2.24) is 9.97 Å². The first-order valence-electron chi connectivity index (χ1n) is 5.35. The van der Waals surface area contributed by atoms with Crippen molar-refractivity contribution in [2.45, 2.75) is 26.8 Å². The number of anilines is 1. The smallest absolute Gasteiger partial charge is 0.146 e. The van der Waals surface area contributed by atoms with Crippen molar-refractivity contribution in [1.29, 1.82) is 0 Å². The molecule has 1 rings (SSSR count). The van der Waals surface area contributed by atoms with Gasteiger partial charge in [0.15, 0.2) is 0 Å². The summed E-state index contributed by atoms with van der Waals surface area (Å²) in [7, 11) is 2.04. The molecule has 0 atom stereocenters. The summed E-state index contributed by atoms with van der Waals surface area (Å²) in [4.78, 5) is 10.6. The topological polar surface area (TPSA) is 55.0 Å². The summed E-state index contributed by atoms with van der Waals surface area (Å²) in [6, 6.07) is 0. The fourth-order valence-corrected chi connectivity index (χ4v) is 1.22. The van der Waals surface area contributed by atoms with Crippen molar-refractivity contribution >= 4 is 5.82 Å². The summed E-state index contributed by atoms with van der Waals surface area (Å²) < 4.78 is 0. The van der Waals surface area contributed by atoms with Crippen molar-refractivity contribution in [3.63, 3.8) is 0 Å². The van der Waals surface area contributed by atoms with E-state index in [-0.39, 0.29) is 0 Å². The van der Waals surface area contributed by atoms with Gasteiger partial charge < -0.3 is 10.6 Å². The van der Waals surface area contributed by atoms with Crippen LogP contribution < -0.4 is 10.6 Å². The van der Waals surface area contributed by atoms with E-state index in [0.717, 1.165) is 24.5 Å². The molecule has 4 nitrogen and oxygen atoms in total. The van der Waals surface area contributed by atoms with Gasteiger partial charge in [-0.2, -0.15) is 0 Å². The lowest BCUT2D eigenvalue weighted by atomic mass is 10.1. The molecule has 0 bridgehead atoms. The first-order chi connectivity index (χ1) is 7.13. The quantitative estimate of drug-likeness (QED) is 0.795. The van der Waals surface area contributed by atoms with E-state index < -0.39 is 0 Å². The fourth-order valence-electron chi connectivity index (χ4n) is 1.22. The molecule has 0 amide bonds. The first kappa shape index (κ1) is 11.9. The van der Waals surface area contributed by atoms with Gasteiger partial charge in [0.2, 0.25) is 0 Å². The highest BCUT2D eigenvalue weighted by atomic mass is 15.2. The summed E-state index contributed by atoms with van der Waals surface area (Å²) in [6.45, 7) is 5.89. The minimum atomic E-state index is 0.447. The Morgan fingerprint density at radius 1 is 1.33 bits per heavy atom. The Kier molecular flexibility index (Phi) is 4.49. The van der Waals surface area contributed by atoms with Gasteiger partial charge in [0.05, 0.1) is 18.1 Å². The molecule has 0 fully saturated rings. The Morgan fingerprint density at radius 2 is 2.07 bits per heavy atom. The molecule has 0 unspecified atom stereocenters. The van der Waals surface area contributed by atoms with Crippen LogP contribution in [-0.2, 0) is 6.54 Å². The third kappa shape index (κ3) is 3.83. The second-order valence-corrected chi connectivity index (χ2v) is 4.17. The van der Waals surface area contributed by atoms with Gasteiger partial charge in [-0.15, -0.1) is 0 Å². The Bertz CT molecular complexity index is 281. The third-order valence-corrected chi connectivity index (χ3v) is 2.33. The lowest BCUT2D eigenvalue weighted by Gasteiger charge is -2.18. The highest BCUT2D eigenvalue weighted by Crippen LogP contribution is 2.09. The molecule has 0 aromatic carbocycles. The molecule has 0 spiro atoms. The minimum Gasteiger partial charge on any atom is -0.358 e. The highest BCUT2D eigenvalue weighted by molar-refractivity contribution is 5.34. The second kappa shape index (κ2) is 5.66. The summed E-state index contributed by atoms with van der Waals surface area (Å²) in [5.41, 5.74) is 6.29. The van der Waals surface area contributed by atoms with E-state index in [1.807, 2.05) is 7.05 Å². The van der Waals surface area contributed by atoms with Crippen LogP contribution in [0.3, 0.4) is 0 Å². The zero-order valence-electron chi connectivity index (χ0n) is 9.77. The monoisotopic (exact) mass is 208 g/mol. The van der Waals surface area contributed by atoms with Crippen LogP contribution >= 0.6 is 0 Å². The highest BCUT2D eigenvalue weighted by Gasteiger charge is 2.03. The molecule has 0 radical (unpaired) electrons. The van der Waals surface area contributed by atoms with Crippen LogP contribution in [0, 0.1) is 5.92 Å². The zero-order chi connectivity index (χ0) is 11.3. The Labute approximate surface area is 91.5 Å². The average molecular weight is 208 g/mol. The normalized spacial score (nSPS) is 10.7. The molecular formula is C11H20N4. The Hall–Kier alpha value is -1.16. The van der Waals surface area contributed by atoms with Crippen molar-refractivity contribution < 1.29 is 0 Å². The molecule has 15 heavy (non-hydrogen) atoms. The average Bonchev–Trinajstić information content (AvgIpc) is 2.26. The Balaban J connectivity index is 2.54. The number of hydrogen-bond acceptors (Lipinski definition) is 4. The van der Waals surface area contributed by atoms with Crippen molar-refractivity contribution in [2.75, 3.05) is 18.5 Å². The van der Waals surface area contributed by atoms with E-state index in [9.17, 15) is 0 Å². The van der Waals surface area contributed by atoms with Crippen LogP contribution in [0.4, 0.5) is 5.82 Å². The fraction of sp³-hybridized carbons (Fsp3) is 0.636. The van der Waals surface area contributed by atoms with Crippen LogP contribution in [0.1, 0.15) is 26.0 Å². The molecule has 1 aromatic rings. The maximum atomic E-state index is 5.46. The molecule has 0 aliphatic carbocycles. The molecule has 1 aromatic heterocycles. The van der Waals surface area contributed by atoms with E-state index in [2.05, 4.69) is 28.7 Å². The van der Waals surface area contributed by atoms with Crippen LogP contribution in [-0.4, -0.2) is 23.6 Å². The number of nitrogens with two attached hydrogens (primary N) is 1. The summed E-state index contributed by atoms with van der Waals surface area (Å²) in [5, 5.41) is 0. The van der Waals surface area contributed by atoms with E-state index in [1.54, 1.807) is 12.4 Å². The van der Waals surface area contributed by atoms with Crippen LogP contribution in [0.25, 0.3) is 0 Å². The first-order valence-corrected chi connectivity index (χ1v) is 5.35. The van der Waals surface area contributed by atoms with Gasteiger partial charge in [-0.05, 0) is 12.3 Å². The van der Waals surface area contributed by atoms with E-state index >= 15 is 0 Å². The number of nitrogens with zero attached hydrogens (tertiary/aromatic N) is 3. The van der Waals surface area contributed by atoms with Crippen LogP contribution in [0.15, 0.2) is 12.4 Å². The van der Waals surface area contributed by atoms with Crippen LogP contribution in [0.2, 0.25) is 0 Å².